The number of carbonyl (C=O) groups is 4. The number of hydrogen-bond acceptors (Lipinski definition) is 8. The Hall–Kier alpha value is -3.81. The number of rotatable bonds is 4. The molecule has 14 heteroatoms. The first-order chi connectivity index (χ1) is 20.9. The van der Waals surface area contributed by atoms with Crippen molar-refractivity contribution in [2.75, 3.05) is 6.54 Å². The van der Waals surface area contributed by atoms with Gasteiger partial charge < -0.3 is 25.4 Å². The minimum atomic E-state index is -1.42. The van der Waals surface area contributed by atoms with Crippen molar-refractivity contribution in [1.82, 2.24) is 35.7 Å². The van der Waals surface area contributed by atoms with Crippen LogP contribution >= 0.6 is 15.9 Å². The molecule has 236 valence electrons. The standard InChI is InChI=1S/C30H38BrN7O6/c1-29(2,3)44-28(43)32-22-14-8-6-4-5-7-11-18-16-30(18,27(41)42)33-25(39)23-15-19(17-37(23)26(22)40)38-35-24(34-36-38)20-12-9-10-13-21(20)31/h7,9-13,18-19,22-23H,4-6,8,14-17H2,1-3H3,(H,32,43)(H,33,39)(H,41,42)/b11-7-/t18-,19-,22+,23-,30-/m0/s1. The fraction of sp³-hybridized carbons (Fsp3) is 0.567. The Labute approximate surface area is 263 Å². The number of carboxylic acids is 1. The molecule has 2 aliphatic heterocycles. The van der Waals surface area contributed by atoms with Crippen molar-refractivity contribution >= 4 is 39.8 Å². The molecule has 2 aromatic rings. The van der Waals surface area contributed by atoms with Gasteiger partial charge in [0.05, 0.1) is 6.04 Å². The van der Waals surface area contributed by atoms with Crippen LogP contribution < -0.4 is 10.6 Å². The van der Waals surface area contributed by atoms with Crippen molar-refractivity contribution in [2.24, 2.45) is 5.92 Å². The topological polar surface area (TPSA) is 169 Å². The van der Waals surface area contributed by atoms with Crippen molar-refractivity contribution in [2.45, 2.75) is 95.0 Å². The van der Waals surface area contributed by atoms with E-state index in [0.717, 1.165) is 29.3 Å². The Kier molecular flexibility index (Phi) is 9.10. The van der Waals surface area contributed by atoms with E-state index in [1.807, 2.05) is 36.4 Å². The zero-order valence-electron chi connectivity index (χ0n) is 25.0. The quantitative estimate of drug-likeness (QED) is 0.411. The van der Waals surface area contributed by atoms with Crippen LogP contribution in [0.5, 0.6) is 0 Å². The summed E-state index contributed by atoms with van der Waals surface area (Å²) >= 11 is 3.50. The Morgan fingerprint density at radius 2 is 1.95 bits per heavy atom. The van der Waals surface area contributed by atoms with Crippen molar-refractivity contribution in [3.8, 4) is 11.4 Å². The van der Waals surface area contributed by atoms with Gasteiger partial charge in [-0.05, 0) is 63.8 Å². The number of halogens is 1. The summed E-state index contributed by atoms with van der Waals surface area (Å²) in [7, 11) is 0. The van der Waals surface area contributed by atoms with Gasteiger partial charge in [-0.1, -0.05) is 53.1 Å². The van der Waals surface area contributed by atoms with Crippen LogP contribution in [0.15, 0.2) is 40.9 Å². The highest BCUT2D eigenvalue weighted by Crippen LogP contribution is 2.45. The normalized spacial score (nSPS) is 28.5. The third-order valence-corrected chi connectivity index (χ3v) is 8.89. The van der Waals surface area contributed by atoms with E-state index < -0.39 is 53.1 Å². The number of aromatic nitrogens is 4. The minimum Gasteiger partial charge on any atom is -0.479 e. The summed E-state index contributed by atoms with van der Waals surface area (Å²) < 4.78 is 6.23. The molecule has 3 N–H and O–H groups in total. The zero-order chi connectivity index (χ0) is 31.6. The van der Waals surface area contributed by atoms with Crippen LogP contribution in [-0.2, 0) is 19.1 Å². The number of fused-ring (bicyclic) bond motifs is 2. The molecule has 1 saturated heterocycles. The van der Waals surface area contributed by atoms with Gasteiger partial charge in [0, 0.05) is 28.9 Å². The van der Waals surface area contributed by atoms with E-state index in [4.69, 9.17) is 4.74 Å². The molecule has 3 aliphatic rings. The fourth-order valence-corrected chi connectivity index (χ4v) is 6.29. The molecule has 5 rings (SSSR count). The maximum Gasteiger partial charge on any atom is 0.408 e. The molecule has 0 unspecified atom stereocenters. The second kappa shape index (κ2) is 12.7. The van der Waals surface area contributed by atoms with Crippen LogP contribution in [0, 0.1) is 5.92 Å². The number of allylic oxidation sites excluding steroid dienone is 1. The third kappa shape index (κ3) is 6.95. The van der Waals surface area contributed by atoms with Gasteiger partial charge >= 0.3 is 12.1 Å². The van der Waals surface area contributed by atoms with Gasteiger partial charge in [0.1, 0.15) is 23.2 Å². The molecule has 0 radical (unpaired) electrons. The smallest absolute Gasteiger partial charge is 0.408 e. The summed E-state index contributed by atoms with van der Waals surface area (Å²) in [6, 6.07) is 4.96. The number of hydrogen-bond donors (Lipinski definition) is 3. The third-order valence-electron chi connectivity index (χ3n) is 8.20. The van der Waals surface area contributed by atoms with Crippen LogP contribution in [0.25, 0.3) is 11.4 Å². The zero-order valence-corrected chi connectivity index (χ0v) is 26.6. The number of amides is 3. The SMILES string of the molecule is CC(C)(C)OC(=O)N[C@@H]1CCCCC/C=C\[C@H]2C[C@]2(C(=O)O)NC(=O)[C@@H]2C[C@H](n3nnc(-c4ccccc4Br)n3)CN2C1=O. The maximum absolute atomic E-state index is 14.1. The van der Waals surface area contributed by atoms with Gasteiger partial charge in [0.15, 0.2) is 0 Å². The lowest BCUT2D eigenvalue weighted by molar-refractivity contribution is -0.145. The highest BCUT2D eigenvalue weighted by Gasteiger charge is 2.61. The number of alkyl carbamates (subject to hydrolysis) is 1. The number of aliphatic carboxylic acids is 1. The average molecular weight is 673 g/mol. The molecule has 3 heterocycles. The Morgan fingerprint density at radius 3 is 2.68 bits per heavy atom. The number of ether oxygens (including phenoxy) is 1. The lowest BCUT2D eigenvalue weighted by Crippen LogP contribution is -2.56. The molecule has 0 spiro atoms. The van der Waals surface area contributed by atoms with Gasteiger partial charge in [-0.3, -0.25) is 9.59 Å². The van der Waals surface area contributed by atoms with Crippen LogP contribution in [0.3, 0.4) is 0 Å². The molecule has 5 atom stereocenters. The summed E-state index contributed by atoms with van der Waals surface area (Å²) in [5.74, 6) is -2.09. The Balaban J connectivity index is 1.45. The molecule has 44 heavy (non-hydrogen) atoms. The second-order valence-electron chi connectivity index (χ2n) is 12.7. The molecular weight excluding hydrogens is 634 g/mol. The summed E-state index contributed by atoms with van der Waals surface area (Å²) in [4.78, 5) is 55.9. The van der Waals surface area contributed by atoms with Gasteiger partial charge in [-0.2, -0.15) is 4.80 Å². The van der Waals surface area contributed by atoms with Crippen LogP contribution in [0.2, 0.25) is 0 Å². The molecule has 1 aromatic carbocycles. The predicted octanol–water partition coefficient (Wildman–Crippen LogP) is 3.62. The summed E-state index contributed by atoms with van der Waals surface area (Å²) in [6.07, 6.45) is 6.93. The highest BCUT2D eigenvalue weighted by molar-refractivity contribution is 9.10. The maximum atomic E-state index is 14.1. The fourth-order valence-electron chi connectivity index (χ4n) is 5.83. The van der Waals surface area contributed by atoms with Crippen molar-refractivity contribution in [3.05, 3.63) is 40.9 Å². The second-order valence-corrected chi connectivity index (χ2v) is 13.5. The number of nitrogens with one attached hydrogen (secondary N) is 2. The van der Waals surface area contributed by atoms with Gasteiger partial charge in [-0.15, -0.1) is 10.2 Å². The molecule has 1 aliphatic carbocycles. The average Bonchev–Trinajstić information content (AvgIpc) is 3.26. The molecule has 2 fully saturated rings. The number of benzene rings is 1. The van der Waals surface area contributed by atoms with E-state index in [0.29, 0.717) is 18.7 Å². The number of tetrazole rings is 1. The number of carbonyl (C=O) groups excluding carboxylic acids is 3. The van der Waals surface area contributed by atoms with E-state index in [-0.39, 0.29) is 25.3 Å². The Morgan fingerprint density at radius 1 is 1.18 bits per heavy atom. The van der Waals surface area contributed by atoms with Crippen LogP contribution in [-0.4, -0.2) is 83.9 Å². The van der Waals surface area contributed by atoms with E-state index in [2.05, 4.69) is 42.0 Å². The number of carboxylic acid groups (broad SMARTS) is 1. The monoisotopic (exact) mass is 671 g/mol. The van der Waals surface area contributed by atoms with Crippen molar-refractivity contribution < 1.29 is 29.0 Å². The number of nitrogens with zero attached hydrogens (tertiary/aromatic N) is 5. The molecule has 1 aromatic heterocycles. The molecule has 0 bridgehead atoms. The molecule has 3 amide bonds. The summed E-state index contributed by atoms with van der Waals surface area (Å²) in [6.45, 7) is 5.28. The lowest BCUT2D eigenvalue weighted by Gasteiger charge is -2.30. The lowest BCUT2D eigenvalue weighted by atomic mass is 10.0. The van der Waals surface area contributed by atoms with Crippen LogP contribution in [0.4, 0.5) is 4.79 Å². The van der Waals surface area contributed by atoms with Crippen molar-refractivity contribution in [1.29, 1.82) is 0 Å². The minimum absolute atomic E-state index is 0.0680. The van der Waals surface area contributed by atoms with Gasteiger partial charge in [0.2, 0.25) is 17.6 Å². The van der Waals surface area contributed by atoms with Gasteiger partial charge in [0.25, 0.3) is 0 Å². The summed E-state index contributed by atoms with van der Waals surface area (Å²) in [5, 5.41) is 28.5. The predicted molar refractivity (Wildman–Crippen MR) is 162 cm³/mol. The molecule has 1 saturated carbocycles. The van der Waals surface area contributed by atoms with Crippen LogP contribution in [0.1, 0.15) is 71.8 Å². The largest absolute Gasteiger partial charge is 0.479 e. The van der Waals surface area contributed by atoms with E-state index >= 15 is 0 Å². The van der Waals surface area contributed by atoms with Gasteiger partial charge in [-0.25, -0.2) is 9.59 Å². The first-order valence-corrected chi connectivity index (χ1v) is 15.7. The Bertz CT molecular complexity index is 1460. The first-order valence-electron chi connectivity index (χ1n) is 14.9. The van der Waals surface area contributed by atoms with E-state index in [1.54, 1.807) is 20.8 Å². The molecule has 13 nitrogen and oxygen atoms in total. The first kappa shape index (κ1) is 31.6. The molecular formula is C30H38BrN7O6. The van der Waals surface area contributed by atoms with E-state index in [9.17, 15) is 24.3 Å². The van der Waals surface area contributed by atoms with Crippen molar-refractivity contribution in [3.63, 3.8) is 0 Å². The van der Waals surface area contributed by atoms with E-state index in [1.165, 1.54) is 9.70 Å². The summed E-state index contributed by atoms with van der Waals surface area (Å²) in [5.41, 5.74) is -1.46. The highest BCUT2D eigenvalue weighted by atomic mass is 79.9.